The summed E-state index contributed by atoms with van der Waals surface area (Å²) in [4.78, 5) is 27.0. The SMILES string of the molecule is C[C@@H](Oc1ccc(C#N)cc1)C(=O)N1CCC[C@H](C(=O)Nc2ccccc2)C1. The van der Waals surface area contributed by atoms with E-state index in [0.29, 0.717) is 24.4 Å². The summed E-state index contributed by atoms with van der Waals surface area (Å²) in [5, 5.41) is 11.8. The zero-order chi connectivity index (χ0) is 19.9. The lowest BCUT2D eigenvalue weighted by Crippen LogP contribution is -2.48. The maximum atomic E-state index is 12.8. The Morgan fingerprint density at radius 3 is 2.57 bits per heavy atom. The van der Waals surface area contributed by atoms with Crippen LogP contribution in [-0.4, -0.2) is 35.9 Å². The number of hydrogen-bond donors (Lipinski definition) is 1. The molecule has 6 heteroatoms. The highest BCUT2D eigenvalue weighted by Crippen LogP contribution is 2.21. The molecule has 0 radical (unpaired) electrons. The number of piperidine rings is 1. The van der Waals surface area contributed by atoms with Gasteiger partial charge in [-0.1, -0.05) is 18.2 Å². The first-order valence-corrected chi connectivity index (χ1v) is 9.38. The lowest BCUT2D eigenvalue weighted by Gasteiger charge is -2.33. The van der Waals surface area contributed by atoms with Crippen LogP contribution in [0.25, 0.3) is 0 Å². The van der Waals surface area contributed by atoms with Crippen LogP contribution in [0.2, 0.25) is 0 Å². The molecule has 28 heavy (non-hydrogen) atoms. The van der Waals surface area contributed by atoms with Crippen molar-refractivity contribution in [2.24, 2.45) is 5.92 Å². The fraction of sp³-hybridized carbons (Fsp3) is 0.318. The Hall–Kier alpha value is -3.33. The van der Waals surface area contributed by atoms with E-state index in [1.54, 1.807) is 36.1 Å². The van der Waals surface area contributed by atoms with Crippen molar-refractivity contribution in [3.63, 3.8) is 0 Å². The molecule has 0 unspecified atom stereocenters. The van der Waals surface area contributed by atoms with Gasteiger partial charge in [-0.25, -0.2) is 0 Å². The van der Waals surface area contributed by atoms with Gasteiger partial charge in [0, 0.05) is 18.8 Å². The van der Waals surface area contributed by atoms with Crippen LogP contribution in [-0.2, 0) is 9.59 Å². The second-order valence-corrected chi connectivity index (χ2v) is 6.87. The van der Waals surface area contributed by atoms with Crippen LogP contribution in [0.15, 0.2) is 54.6 Å². The van der Waals surface area contributed by atoms with E-state index in [1.807, 2.05) is 36.4 Å². The molecule has 0 aliphatic carbocycles. The lowest BCUT2D eigenvalue weighted by atomic mass is 9.96. The molecule has 0 aromatic heterocycles. The van der Waals surface area contributed by atoms with Gasteiger partial charge in [0.05, 0.1) is 17.6 Å². The number of para-hydroxylation sites is 1. The van der Waals surface area contributed by atoms with Gasteiger partial charge in [0.1, 0.15) is 5.75 Å². The Kier molecular flexibility index (Phi) is 6.28. The second kappa shape index (κ2) is 9.05. The average Bonchev–Trinajstić information content (AvgIpc) is 2.74. The van der Waals surface area contributed by atoms with E-state index in [1.165, 1.54) is 0 Å². The van der Waals surface area contributed by atoms with Crippen molar-refractivity contribution in [2.75, 3.05) is 18.4 Å². The van der Waals surface area contributed by atoms with Gasteiger partial charge in [0.25, 0.3) is 5.91 Å². The van der Waals surface area contributed by atoms with Crippen LogP contribution in [0, 0.1) is 17.2 Å². The minimum absolute atomic E-state index is 0.0654. The van der Waals surface area contributed by atoms with Crippen molar-refractivity contribution in [1.29, 1.82) is 5.26 Å². The van der Waals surface area contributed by atoms with Gasteiger partial charge in [-0.3, -0.25) is 9.59 Å². The minimum Gasteiger partial charge on any atom is -0.481 e. The highest BCUT2D eigenvalue weighted by Gasteiger charge is 2.31. The summed E-state index contributed by atoms with van der Waals surface area (Å²) in [6.45, 7) is 2.71. The molecule has 2 aromatic carbocycles. The Morgan fingerprint density at radius 2 is 1.89 bits per heavy atom. The quantitative estimate of drug-likeness (QED) is 0.867. The van der Waals surface area contributed by atoms with E-state index < -0.39 is 6.10 Å². The first-order chi connectivity index (χ1) is 13.6. The fourth-order valence-corrected chi connectivity index (χ4v) is 3.28. The van der Waals surface area contributed by atoms with Gasteiger partial charge in [-0.2, -0.15) is 5.26 Å². The van der Waals surface area contributed by atoms with E-state index in [2.05, 4.69) is 5.32 Å². The number of ether oxygens (including phenoxy) is 1. The van der Waals surface area contributed by atoms with Crippen LogP contribution >= 0.6 is 0 Å². The van der Waals surface area contributed by atoms with Gasteiger partial charge < -0.3 is 15.0 Å². The zero-order valence-electron chi connectivity index (χ0n) is 15.8. The predicted octanol–water partition coefficient (Wildman–Crippen LogP) is 3.20. The average molecular weight is 377 g/mol. The summed E-state index contributed by atoms with van der Waals surface area (Å²) >= 11 is 0. The molecule has 144 valence electrons. The molecule has 1 fully saturated rings. The summed E-state index contributed by atoms with van der Waals surface area (Å²) in [5.41, 5.74) is 1.29. The number of amides is 2. The van der Waals surface area contributed by atoms with E-state index in [9.17, 15) is 9.59 Å². The maximum Gasteiger partial charge on any atom is 0.263 e. The summed E-state index contributed by atoms with van der Waals surface area (Å²) in [6.07, 6.45) is 0.874. The van der Waals surface area contributed by atoms with E-state index >= 15 is 0 Å². The van der Waals surface area contributed by atoms with Crippen molar-refractivity contribution in [3.8, 4) is 11.8 Å². The Labute approximate surface area is 164 Å². The maximum absolute atomic E-state index is 12.8. The molecule has 1 N–H and O–H groups in total. The molecular formula is C22H23N3O3. The molecule has 6 nitrogen and oxygen atoms in total. The Balaban J connectivity index is 1.57. The molecule has 1 saturated heterocycles. The minimum atomic E-state index is -0.663. The topological polar surface area (TPSA) is 82.4 Å². The zero-order valence-corrected chi connectivity index (χ0v) is 15.8. The Bertz CT molecular complexity index is 859. The third kappa shape index (κ3) is 4.89. The third-order valence-electron chi connectivity index (χ3n) is 4.79. The molecule has 0 bridgehead atoms. The van der Waals surface area contributed by atoms with Gasteiger partial charge in [-0.05, 0) is 56.2 Å². The number of likely N-dealkylation sites (tertiary alicyclic amines) is 1. The second-order valence-electron chi connectivity index (χ2n) is 6.87. The number of rotatable bonds is 5. The molecule has 0 saturated carbocycles. The summed E-state index contributed by atoms with van der Waals surface area (Å²) in [5.74, 6) is 0.0983. The first-order valence-electron chi connectivity index (χ1n) is 9.38. The van der Waals surface area contributed by atoms with Gasteiger partial charge in [-0.15, -0.1) is 0 Å². The number of carbonyl (C=O) groups excluding carboxylic acids is 2. The number of carbonyl (C=O) groups is 2. The molecular weight excluding hydrogens is 354 g/mol. The molecule has 1 aliphatic heterocycles. The van der Waals surface area contributed by atoms with Gasteiger partial charge in [0.2, 0.25) is 5.91 Å². The first kappa shape index (κ1) is 19.4. The number of nitrogens with zero attached hydrogens (tertiary/aromatic N) is 2. The largest absolute Gasteiger partial charge is 0.481 e. The number of nitrogens with one attached hydrogen (secondary N) is 1. The number of benzene rings is 2. The van der Waals surface area contributed by atoms with Crippen LogP contribution in [0.3, 0.4) is 0 Å². The number of hydrogen-bond acceptors (Lipinski definition) is 4. The standard InChI is InChI=1S/C22H23N3O3/c1-16(28-20-11-9-17(14-23)10-12-20)22(27)25-13-5-6-18(15-25)21(26)24-19-7-3-2-4-8-19/h2-4,7-12,16,18H,5-6,13,15H2,1H3,(H,24,26)/t16-,18+/m1/s1. The van der Waals surface area contributed by atoms with E-state index in [-0.39, 0.29) is 17.7 Å². The van der Waals surface area contributed by atoms with Crippen LogP contribution < -0.4 is 10.1 Å². The van der Waals surface area contributed by atoms with E-state index in [4.69, 9.17) is 10.00 Å². The normalized spacial score (nSPS) is 17.3. The van der Waals surface area contributed by atoms with Crippen molar-refractivity contribution < 1.29 is 14.3 Å². The lowest BCUT2D eigenvalue weighted by molar-refractivity contribution is -0.140. The van der Waals surface area contributed by atoms with Crippen LogP contribution in [0.5, 0.6) is 5.75 Å². The molecule has 1 aliphatic rings. The van der Waals surface area contributed by atoms with E-state index in [0.717, 1.165) is 18.5 Å². The summed E-state index contributed by atoms with van der Waals surface area (Å²) in [6, 6.07) is 18.0. The molecule has 2 aromatic rings. The van der Waals surface area contributed by atoms with Crippen LogP contribution in [0.1, 0.15) is 25.3 Å². The molecule has 2 atom stereocenters. The van der Waals surface area contributed by atoms with Crippen molar-refractivity contribution >= 4 is 17.5 Å². The van der Waals surface area contributed by atoms with Crippen molar-refractivity contribution in [3.05, 3.63) is 60.2 Å². The third-order valence-corrected chi connectivity index (χ3v) is 4.79. The summed E-state index contributed by atoms with van der Waals surface area (Å²) < 4.78 is 5.72. The van der Waals surface area contributed by atoms with Gasteiger partial charge in [0.15, 0.2) is 6.10 Å². The Morgan fingerprint density at radius 1 is 1.18 bits per heavy atom. The smallest absolute Gasteiger partial charge is 0.263 e. The number of nitriles is 1. The molecule has 2 amide bonds. The highest BCUT2D eigenvalue weighted by molar-refractivity contribution is 5.93. The molecule has 3 rings (SSSR count). The monoisotopic (exact) mass is 377 g/mol. The summed E-state index contributed by atoms with van der Waals surface area (Å²) in [7, 11) is 0. The number of anilines is 1. The van der Waals surface area contributed by atoms with Crippen molar-refractivity contribution in [2.45, 2.75) is 25.9 Å². The van der Waals surface area contributed by atoms with Crippen LogP contribution in [0.4, 0.5) is 5.69 Å². The van der Waals surface area contributed by atoms with Crippen molar-refractivity contribution in [1.82, 2.24) is 4.90 Å². The molecule has 0 spiro atoms. The predicted molar refractivity (Wildman–Crippen MR) is 106 cm³/mol. The fourth-order valence-electron chi connectivity index (χ4n) is 3.28. The van der Waals surface area contributed by atoms with Gasteiger partial charge >= 0.3 is 0 Å². The highest BCUT2D eigenvalue weighted by atomic mass is 16.5. The molecule has 1 heterocycles.